The molecule has 0 atom stereocenters. The van der Waals surface area contributed by atoms with Crippen molar-refractivity contribution in [3.63, 3.8) is 0 Å². The minimum atomic E-state index is -0.613. The molecule has 0 aliphatic heterocycles. The van der Waals surface area contributed by atoms with Crippen molar-refractivity contribution in [3.8, 4) is 23.0 Å². The van der Waals surface area contributed by atoms with Crippen LogP contribution in [-0.4, -0.2) is 56.5 Å². The maximum atomic E-state index is 10.6. The van der Waals surface area contributed by atoms with Gasteiger partial charge in [-0.3, -0.25) is 20.2 Å². The molecule has 0 saturated heterocycles. The third-order valence-corrected chi connectivity index (χ3v) is 7.05. The van der Waals surface area contributed by atoms with Gasteiger partial charge in [-0.1, -0.05) is 0 Å². The van der Waals surface area contributed by atoms with Crippen LogP contribution in [0.4, 0.5) is 45.5 Å². The predicted molar refractivity (Wildman–Crippen MR) is 181 cm³/mol. The maximum Gasteiger partial charge on any atom is 0.273 e. The van der Waals surface area contributed by atoms with E-state index in [4.69, 9.17) is 0 Å². The number of anilines is 2. The molecule has 261 valence electrons. The van der Waals surface area contributed by atoms with Crippen LogP contribution in [0.2, 0.25) is 0 Å². The Morgan fingerprint density at radius 1 is 0.510 bits per heavy atom. The summed E-state index contributed by atoms with van der Waals surface area (Å²) < 4.78 is 0. The zero-order valence-corrected chi connectivity index (χ0v) is 28.1. The van der Waals surface area contributed by atoms with Crippen molar-refractivity contribution in [2.24, 2.45) is 20.5 Å². The van der Waals surface area contributed by atoms with Crippen molar-refractivity contribution in [2.75, 3.05) is 36.0 Å². The quantitative estimate of drug-likeness (QED) is 0.0620. The van der Waals surface area contributed by atoms with Gasteiger partial charge in [0, 0.05) is 78.6 Å². The van der Waals surface area contributed by atoms with Crippen LogP contribution in [0.5, 0.6) is 23.0 Å². The maximum absolute atomic E-state index is 10.6. The van der Waals surface area contributed by atoms with Gasteiger partial charge in [0.05, 0.1) is 22.0 Å². The largest absolute Gasteiger partial charge is 0.506 e. The molecule has 4 rings (SSSR count). The average Bonchev–Trinajstić information content (AvgIpc) is 3.06. The molecule has 4 aromatic carbocycles. The molecule has 0 heterocycles. The van der Waals surface area contributed by atoms with Gasteiger partial charge in [0.15, 0.2) is 0 Å². The normalized spacial score (nSPS) is 10.7. The second-order valence-corrected chi connectivity index (χ2v) is 9.95. The molecule has 0 fully saturated rings. The van der Waals surface area contributed by atoms with Gasteiger partial charge in [-0.15, -0.1) is 20.5 Å². The Kier molecular flexibility index (Phi) is 14.9. The monoisotopic (exact) mass is 719 g/mol. The van der Waals surface area contributed by atoms with E-state index < -0.39 is 9.85 Å². The number of hydrogen-bond donors (Lipinski definition) is 4. The SMILES string of the molecule is CCN(CC)c1ccc(N=Nc2ccc([N+](=O)[O-])cc2O)c(O)c1.CCN(CC)c1ccc(N=Nc2ccc([N+](=O)[O-])cc2O)c(O)c1.[Co]. The fourth-order valence-corrected chi connectivity index (χ4v) is 4.40. The van der Waals surface area contributed by atoms with Crippen molar-refractivity contribution >= 4 is 45.5 Å². The van der Waals surface area contributed by atoms with Gasteiger partial charge in [0.1, 0.15) is 45.7 Å². The van der Waals surface area contributed by atoms with E-state index in [1.807, 2.05) is 39.8 Å². The number of aromatic hydroxyl groups is 4. The Labute approximate surface area is 292 Å². The molecule has 4 N–H and O–H groups in total. The van der Waals surface area contributed by atoms with E-state index in [1.165, 1.54) is 24.3 Å². The van der Waals surface area contributed by atoms with Crippen LogP contribution in [0, 0.1) is 20.2 Å². The third-order valence-electron chi connectivity index (χ3n) is 7.05. The summed E-state index contributed by atoms with van der Waals surface area (Å²) in [4.78, 5) is 24.2. The molecule has 49 heavy (non-hydrogen) atoms. The number of nitrogens with zero attached hydrogens (tertiary/aromatic N) is 8. The Morgan fingerprint density at radius 3 is 1.00 bits per heavy atom. The molecule has 17 heteroatoms. The van der Waals surface area contributed by atoms with E-state index in [9.17, 15) is 40.7 Å². The van der Waals surface area contributed by atoms with Gasteiger partial charge in [-0.2, -0.15) is 0 Å². The van der Waals surface area contributed by atoms with Crippen molar-refractivity contribution in [1.82, 2.24) is 0 Å². The molecule has 0 aliphatic carbocycles. The average molecular weight is 720 g/mol. The number of phenolic OH excluding ortho intramolecular Hbond substituents is 4. The first-order valence-electron chi connectivity index (χ1n) is 14.9. The third kappa shape index (κ3) is 10.6. The minimum absolute atomic E-state index is 0. The molecule has 0 saturated carbocycles. The van der Waals surface area contributed by atoms with Crippen molar-refractivity contribution in [1.29, 1.82) is 0 Å². The van der Waals surface area contributed by atoms with Crippen LogP contribution >= 0.6 is 0 Å². The summed E-state index contributed by atoms with van der Waals surface area (Å²) in [6.45, 7) is 11.3. The fourth-order valence-electron chi connectivity index (χ4n) is 4.40. The van der Waals surface area contributed by atoms with Gasteiger partial charge >= 0.3 is 0 Å². The summed E-state index contributed by atoms with van der Waals surface area (Å²) in [5, 5.41) is 76.3. The van der Waals surface area contributed by atoms with Gasteiger partial charge in [0.2, 0.25) is 0 Å². The van der Waals surface area contributed by atoms with Crippen LogP contribution in [0.15, 0.2) is 93.3 Å². The molecular weight excluding hydrogens is 683 g/mol. The minimum Gasteiger partial charge on any atom is -0.506 e. The standard InChI is InChI=1S/2C16H18N4O4.Co/c2*1-3-19(4-2)11-5-7-13(15(21)9-11)17-18-14-8-6-12(20(23)24)10-16(14)22;/h2*5-10,21-22H,3-4H2,1-2H3;. The summed E-state index contributed by atoms with van der Waals surface area (Å²) in [6, 6.07) is 17.1. The number of rotatable bonds is 12. The molecule has 0 bridgehead atoms. The van der Waals surface area contributed by atoms with E-state index in [0.717, 1.165) is 49.7 Å². The molecule has 0 aliphatic rings. The first-order valence-corrected chi connectivity index (χ1v) is 14.9. The second kappa shape index (κ2) is 18.5. The van der Waals surface area contributed by atoms with Crippen molar-refractivity contribution < 1.29 is 47.1 Å². The first kappa shape index (κ1) is 39.4. The van der Waals surface area contributed by atoms with Crippen LogP contribution in [-0.2, 0) is 16.8 Å². The fraction of sp³-hybridized carbons (Fsp3) is 0.250. The molecule has 0 spiro atoms. The molecule has 0 unspecified atom stereocenters. The Balaban J connectivity index is 0.000000333. The van der Waals surface area contributed by atoms with Crippen molar-refractivity contribution in [2.45, 2.75) is 27.7 Å². The number of nitro benzene ring substituents is 2. The van der Waals surface area contributed by atoms with Crippen molar-refractivity contribution in [3.05, 3.63) is 93.0 Å². The smallest absolute Gasteiger partial charge is 0.273 e. The summed E-state index contributed by atoms with van der Waals surface area (Å²) in [7, 11) is 0. The van der Waals surface area contributed by atoms with Gasteiger partial charge < -0.3 is 30.2 Å². The predicted octanol–water partition coefficient (Wildman–Crippen LogP) is 8.53. The Bertz CT molecular complexity index is 1680. The van der Waals surface area contributed by atoms with E-state index in [-0.39, 0.29) is 73.9 Å². The summed E-state index contributed by atoms with van der Waals surface area (Å²) >= 11 is 0. The zero-order valence-electron chi connectivity index (χ0n) is 27.1. The van der Waals surface area contributed by atoms with Gasteiger partial charge in [-0.25, -0.2) is 0 Å². The number of azo groups is 2. The Morgan fingerprint density at radius 2 is 0.776 bits per heavy atom. The van der Waals surface area contributed by atoms with Crippen LogP contribution in [0.1, 0.15) is 27.7 Å². The summed E-state index contributed by atoms with van der Waals surface area (Å²) in [6.07, 6.45) is 0. The zero-order chi connectivity index (χ0) is 35.4. The van der Waals surface area contributed by atoms with E-state index >= 15 is 0 Å². The number of non-ortho nitro benzene ring substituents is 2. The molecule has 0 aromatic heterocycles. The number of phenols is 4. The molecular formula is C32H36CoN8O8. The molecule has 4 aromatic rings. The van der Waals surface area contributed by atoms with Gasteiger partial charge in [-0.05, 0) is 64.1 Å². The van der Waals surface area contributed by atoms with E-state index in [2.05, 4.69) is 30.3 Å². The topological polar surface area (TPSA) is 223 Å². The summed E-state index contributed by atoms with van der Waals surface area (Å²) in [5.41, 5.74) is 1.90. The number of benzene rings is 4. The number of hydrogen-bond acceptors (Lipinski definition) is 14. The van der Waals surface area contributed by atoms with Crippen LogP contribution in [0.3, 0.4) is 0 Å². The Hall–Kier alpha value is -5.81. The molecule has 1 radical (unpaired) electrons. The van der Waals surface area contributed by atoms with E-state index in [0.29, 0.717) is 0 Å². The van der Waals surface area contributed by atoms with E-state index in [1.54, 1.807) is 24.3 Å². The summed E-state index contributed by atoms with van der Waals surface area (Å²) in [5.74, 6) is -0.784. The molecule has 0 amide bonds. The van der Waals surface area contributed by atoms with Gasteiger partial charge in [0.25, 0.3) is 11.4 Å². The van der Waals surface area contributed by atoms with Crippen LogP contribution in [0.25, 0.3) is 0 Å². The number of nitro groups is 2. The first-order chi connectivity index (χ1) is 22.9. The van der Waals surface area contributed by atoms with Crippen LogP contribution < -0.4 is 9.80 Å². The molecule has 16 nitrogen and oxygen atoms in total. The second-order valence-electron chi connectivity index (χ2n) is 9.95.